The number of anilines is 3. The molecule has 0 saturated heterocycles. The molecule has 0 aliphatic carbocycles. The van der Waals surface area contributed by atoms with Gasteiger partial charge in [0.15, 0.2) is 0 Å². The number of fused-ring (bicyclic) bond motifs is 1. The largest absolute Gasteiger partial charge is 0.478 e. The topological polar surface area (TPSA) is 77.5 Å². The molecule has 0 amide bonds. The minimum absolute atomic E-state index is 0.0917. The van der Waals surface area contributed by atoms with Gasteiger partial charge < -0.3 is 20.6 Å². The van der Waals surface area contributed by atoms with Crippen LogP contribution in [0.4, 0.5) is 17.1 Å². The van der Waals surface area contributed by atoms with Gasteiger partial charge in [0.2, 0.25) is 0 Å². The lowest BCUT2D eigenvalue weighted by Crippen LogP contribution is -2.28. The third kappa shape index (κ3) is 5.17. The lowest BCUT2D eigenvalue weighted by atomic mass is 9.97. The van der Waals surface area contributed by atoms with Crippen LogP contribution in [0.15, 0.2) is 60.9 Å². The Morgan fingerprint density at radius 2 is 1.94 bits per heavy atom. The molecule has 2 aromatic carbocycles. The molecule has 33 heavy (non-hydrogen) atoms. The zero-order valence-corrected chi connectivity index (χ0v) is 19.5. The van der Waals surface area contributed by atoms with Crippen LogP contribution in [-0.2, 0) is 6.42 Å². The van der Waals surface area contributed by atoms with Crippen LogP contribution in [0.1, 0.15) is 59.3 Å². The van der Waals surface area contributed by atoms with Crippen molar-refractivity contribution in [3.8, 4) is 0 Å². The predicted octanol–water partition coefficient (Wildman–Crippen LogP) is 5.36. The van der Waals surface area contributed by atoms with Crippen LogP contribution in [0.2, 0.25) is 0 Å². The van der Waals surface area contributed by atoms with E-state index in [0.29, 0.717) is 18.2 Å². The van der Waals surface area contributed by atoms with Crippen LogP contribution in [0.3, 0.4) is 0 Å². The normalized spacial score (nSPS) is 15.6. The van der Waals surface area contributed by atoms with E-state index < -0.39 is 5.97 Å². The maximum Gasteiger partial charge on any atom is 0.337 e. The second kappa shape index (κ2) is 10.0. The van der Waals surface area contributed by atoms with Crippen molar-refractivity contribution >= 4 is 23.0 Å². The summed E-state index contributed by atoms with van der Waals surface area (Å²) in [7, 11) is 2.11. The van der Waals surface area contributed by atoms with Crippen molar-refractivity contribution in [3.05, 3.63) is 83.2 Å². The van der Waals surface area contributed by atoms with E-state index in [1.807, 2.05) is 0 Å². The summed E-state index contributed by atoms with van der Waals surface area (Å²) in [5.41, 5.74) is 7.04. The molecule has 0 saturated carbocycles. The average molecular weight is 445 g/mol. The first-order valence-electron chi connectivity index (χ1n) is 11.5. The van der Waals surface area contributed by atoms with Crippen LogP contribution >= 0.6 is 0 Å². The molecule has 0 spiro atoms. The van der Waals surface area contributed by atoms with Gasteiger partial charge in [0.25, 0.3) is 0 Å². The number of aryl methyl sites for hydroxylation is 1. The Morgan fingerprint density at radius 3 is 2.67 bits per heavy atom. The maximum absolute atomic E-state index is 11.5. The Kier molecular flexibility index (Phi) is 6.94. The highest BCUT2D eigenvalue weighted by Gasteiger charge is 2.20. The number of carboxylic acids is 1. The van der Waals surface area contributed by atoms with E-state index in [1.165, 1.54) is 40.3 Å². The average Bonchev–Trinajstić information content (AvgIpc) is 3.04. The second-order valence-corrected chi connectivity index (χ2v) is 8.91. The van der Waals surface area contributed by atoms with Crippen molar-refractivity contribution in [3.63, 3.8) is 0 Å². The van der Waals surface area contributed by atoms with Crippen LogP contribution in [0.5, 0.6) is 0 Å². The molecule has 1 aliphatic heterocycles. The van der Waals surface area contributed by atoms with Gasteiger partial charge in [-0.1, -0.05) is 32.0 Å². The van der Waals surface area contributed by atoms with Crippen molar-refractivity contribution in [2.75, 3.05) is 30.4 Å². The fourth-order valence-electron chi connectivity index (χ4n) is 4.37. The van der Waals surface area contributed by atoms with E-state index >= 15 is 0 Å². The Labute approximate surface area is 195 Å². The number of hydrogen-bond acceptors (Lipinski definition) is 5. The van der Waals surface area contributed by atoms with Crippen LogP contribution in [0, 0.1) is 0 Å². The summed E-state index contributed by atoms with van der Waals surface area (Å²) in [4.78, 5) is 17.8. The molecule has 0 radical (unpaired) electrons. The first-order chi connectivity index (χ1) is 15.9. The number of aromatic nitrogens is 1. The van der Waals surface area contributed by atoms with Crippen LogP contribution < -0.4 is 15.5 Å². The van der Waals surface area contributed by atoms with Gasteiger partial charge in [0, 0.05) is 37.2 Å². The second-order valence-electron chi connectivity index (χ2n) is 8.91. The zero-order chi connectivity index (χ0) is 23.4. The number of rotatable bonds is 7. The Bertz CT molecular complexity index is 1110. The lowest BCUT2D eigenvalue weighted by molar-refractivity contribution is 0.0697. The quantitative estimate of drug-likeness (QED) is 0.455. The van der Waals surface area contributed by atoms with E-state index in [1.54, 1.807) is 6.20 Å². The van der Waals surface area contributed by atoms with E-state index in [9.17, 15) is 9.90 Å². The highest BCUT2D eigenvalue weighted by molar-refractivity contribution is 5.93. The molecule has 1 aromatic heterocycles. The molecule has 0 fully saturated rings. The van der Waals surface area contributed by atoms with Gasteiger partial charge in [-0.3, -0.25) is 4.98 Å². The fraction of sp³-hybridized carbons (Fsp3) is 0.333. The van der Waals surface area contributed by atoms with Crippen molar-refractivity contribution in [2.45, 2.75) is 38.6 Å². The third-order valence-corrected chi connectivity index (χ3v) is 6.40. The van der Waals surface area contributed by atoms with Crippen molar-refractivity contribution in [2.24, 2.45) is 0 Å². The minimum atomic E-state index is -0.955. The highest BCUT2D eigenvalue weighted by atomic mass is 16.4. The molecule has 3 aromatic rings. The molecule has 6 nitrogen and oxygen atoms in total. The third-order valence-electron chi connectivity index (χ3n) is 6.40. The Hall–Kier alpha value is -3.38. The minimum Gasteiger partial charge on any atom is -0.478 e. The molecule has 1 atom stereocenters. The molecule has 3 N–H and O–H groups in total. The van der Waals surface area contributed by atoms with E-state index in [0.717, 1.165) is 19.4 Å². The van der Waals surface area contributed by atoms with Crippen LogP contribution in [-0.4, -0.2) is 36.2 Å². The maximum atomic E-state index is 11.5. The van der Waals surface area contributed by atoms with Gasteiger partial charge in [0.1, 0.15) is 0 Å². The van der Waals surface area contributed by atoms with E-state index in [4.69, 9.17) is 0 Å². The summed E-state index contributed by atoms with van der Waals surface area (Å²) in [5.74, 6) is -0.434. The number of aromatic carboxylic acids is 1. The number of benzene rings is 2. The van der Waals surface area contributed by atoms with Gasteiger partial charge in [-0.25, -0.2) is 4.79 Å². The molecule has 172 valence electrons. The number of carbonyl (C=O) groups is 1. The Balaban J connectivity index is 1.54. The van der Waals surface area contributed by atoms with E-state index in [-0.39, 0.29) is 11.6 Å². The molecule has 1 aliphatic rings. The van der Waals surface area contributed by atoms with Gasteiger partial charge in [-0.2, -0.15) is 0 Å². The molecule has 4 rings (SSSR count). The summed E-state index contributed by atoms with van der Waals surface area (Å²) in [6.45, 7) is 5.93. The van der Waals surface area contributed by atoms with Crippen LogP contribution in [0.25, 0.3) is 0 Å². The number of pyridine rings is 1. The highest BCUT2D eigenvalue weighted by Crippen LogP contribution is 2.31. The molecule has 6 heteroatoms. The van der Waals surface area contributed by atoms with E-state index in [2.05, 4.69) is 83.9 Å². The van der Waals surface area contributed by atoms with Gasteiger partial charge in [0.05, 0.1) is 17.4 Å². The van der Waals surface area contributed by atoms with Gasteiger partial charge in [-0.05, 0) is 72.3 Å². The number of nitrogens with zero attached hydrogens (tertiary/aromatic N) is 2. The molecule has 0 bridgehead atoms. The van der Waals surface area contributed by atoms with Crippen molar-refractivity contribution in [1.29, 1.82) is 0 Å². The summed E-state index contributed by atoms with van der Waals surface area (Å²) >= 11 is 0. The predicted molar refractivity (Wildman–Crippen MR) is 134 cm³/mol. The molecular weight excluding hydrogens is 412 g/mol. The summed E-state index contributed by atoms with van der Waals surface area (Å²) < 4.78 is 0. The first-order valence-corrected chi connectivity index (χ1v) is 11.5. The van der Waals surface area contributed by atoms with Gasteiger partial charge in [-0.15, -0.1) is 0 Å². The van der Waals surface area contributed by atoms with Crippen molar-refractivity contribution in [1.82, 2.24) is 10.3 Å². The molecular formula is C27H32N4O2. The monoisotopic (exact) mass is 444 g/mol. The first kappa shape index (κ1) is 22.8. The number of carboxylic acid groups (broad SMARTS) is 1. The SMILES string of the molecule is CC(C)c1ccc(N(C)c2ccc3c(c2)CCCN[C@H]3CNc2cnccc2C(=O)O)cc1. The number of hydrogen-bond donors (Lipinski definition) is 3. The molecule has 0 unspecified atom stereocenters. The number of nitrogens with one attached hydrogen (secondary N) is 2. The van der Waals surface area contributed by atoms with Crippen molar-refractivity contribution < 1.29 is 9.90 Å². The Morgan fingerprint density at radius 1 is 1.18 bits per heavy atom. The summed E-state index contributed by atoms with van der Waals surface area (Å²) in [5, 5.41) is 16.3. The molecule has 2 heterocycles. The lowest BCUT2D eigenvalue weighted by Gasteiger charge is -2.24. The van der Waals surface area contributed by atoms with Gasteiger partial charge >= 0.3 is 5.97 Å². The smallest absolute Gasteiger partial charge is 0.337 e. The summed E-state index contributed by atoms with van der Waals surface area (Å²) in [6.07, 6.45) is 5.15. The zero-order valence-electron chi connectivity index (χ0n) is 19.5. The summed E-state index contributed by atoms with van der Waals surface area (Å²) in [6, 6.07) is 17.1. The fourth-order valence-corrected chi connectivity index (χ4v) is 4.37. The standard InChI is InChI=1S/C27H32N4O2/c1-18(2)19-6-8-21(9-7-19)31(3)22-10-11-23-20(15-22)5-4-13-29-26(23)17-30-25-16-28-14-12-24(25)27(32)33/h6-12,14-16,18,26,29-30H,4-5,13,17H2,1-3H3,(H,32,33)/t26-/m0/s1.